The Morgan fingerprint density at radius 3 is 2.17 bits per heavy atom. The molecule has 5 rings (SSSR count). The topological polar surface area (TPSA) is 41.6 Å². The largest absolute Gasteiger partial charge is 0.337 e. The van der Waals surface area contributed by atoms with E-state index in [0.717, 1.165) is 34.3 Å². The number of benzene rings is 2. The molecule has 1 N–H and O–H groups in total. The fourth-order valence-electron chi connectivity index (χ4n) is 5.24. The third-order valence-corrected chi connectivity index (χ3v) is 5.85. The van der Waals surface area contributed by atoms with Crippen molar-refractivity contribution in [2.45, 2.75) is 40.5 Å². The number of aromatic nitrogens is 3. The van der Waals surface area contributed by atoms with Gasteiger partial charge in [-0.1, -0.05) is 76.2 Å². The van der Waals surface area contributed by atoms with Crippen molar-refractivity contribution in [3.63, 3.8) is 0 Å². The molecule has 0 bridgehead atoms. The van der Waals surface area contributed by atoms with Gasteiger partial charge in [0.1, 0.15) is 5.52 Å². The van der Waals surface area contributed by atoms with Crippen LogP contribution >= 0.6 is 0 Å². The number of allylic oxidation sites excluding steroid dienone is 2. The molecule has 0 atom stereocenters. The van der Waals surface area contributed by atoms with E-state index in [1.807, 2.05) is 24.3 Å². The summed E-state index contributed by atoms with van der Waals surface area (Å²) in [5.74, 6) is 0. The molecule has 0 unspecified atom stereocenters. The van der Waals surface area contributed by atoms with E-state index in [9.17, 15) is 0 Å². The minimum atomic E-state index is 0.152. The SMILES string of the molecule is CC1(C)C=C(c2c(-c3ccccc3)[nH]c3nc4ccccc4nc23)CC(C)(C)C1. The van der Waals surface area contributed by atoms with Gasteiger partial charge in [-0.25, -0.2) is 9.97 Å². The molecule has 1 aliphatic rings. The summed E-state index contributed by atoms with van der Waals surface area (Å²) >= 11 is 0. The first-order chi connectivity index (χ1) is 13.8. The van der Waals surface area contributed by atoms with Gasteiger partial charge < -0.3 is 4.98 Å². The van der Waals surface area contributed by atoms with E-state index >= 15 is 0 Å². The normalized spacial score (nSPS) is 18.1. The van der Waals surface area contributed by atoms with Crippen LogP contribution in [-0.2, 0) is 0 Å². The lowest BCUT2D eigenvalue weighted by Gasteiger charge is -2.39. The summed E-state index contributed by atoms with van der Waals surface area (Å²) in [6, 6.07) is 18.7. The lowest BCUT2D eigenvalue weighted by atomic mass is 9.65. The van der Waals surface area contributed by atoms with Crippen LogP contribution in [0.15, 0.2) is 60.7 Å². The van der Waals surface area contributed by atoms with Crippen molar-refractivity contribution in [1.29, 1.82) is 0 Å². The molecule has 0 saturated carbocycles. The van der Waals surface area contributed by atoms with Gasteiger partial charge in [0.2, 0.25) is 0 Å². The smallest absolute Gasteiger partial charge is 0.157 e. The van der Waals surface area contributed by atoms with Gasteiger partial charge in [-0.3, -0.25) is 0 Å². The second kappa shape index (κ2) is 6.28. The number of fused-ring (bicyclic) bond motifs is 2. The molecule has 0 aliphatic heterocycles. The molecule has 146 valence electrons. The maximum absolute atomic E-state index is 5.06. The fourth-order valence-corrected chi connectivity index (χ4v) is 5.24. The molecule has 0 saturated heterocycles. The van der Waals surface area contributed by atoms with Gasteiger partial charge in [0.25, 0.3) is 0 Å². The highest BCUT2D eigenvalue weighted by molar-refractivity contribution is 5.99. The van der Waals surface area contributed by atoms with Crippen molar-refractivity contribution in [1.82, 2.24) is 15.0 Å². The Kier molecular flexibility index (Phi) is 3.92. The third-order valence-electron chi connectivity index (χ3n) is 5.85. The first kappa shape index (κ1) is 18.1. The van der Waals surface area contributed by atoms with Gasteiger partial charge in [0.05, 0.1) is 16.7 Å². The van der Waals surface area contributed by atoms with Crippen LogP contribution < -0.4 is 0 Å². The minimum absolute atomic E-state index is 0.152. The molecule has 0 spiro atoms. The monoisotopic (exact) mass is 381 g/mol. The Morgan fingerprint density at radius 1 is 0.828 bits per heavy atom. The summed E-state index contributed by atoms with van der Waals surface area (Å²) in [4.78, 5) is 13.6. The van der Waals surface area contributed by atoms with Crippen LogP contribution in [-0.4, -0.2) is 15.0 Å². The highest BCUT2D eigenvalue weighted by Crippen LogP contribution is 2.49. The van der Waals surface area contributed by atoms with Gasteiger partial charge in [-0.2, -0.15) is 0 Å². The molecule has 3 nitrogen and oxygen atoms in total. The standard InChI is InChI=1S/C26H27N3/c1-25(2)14-18(15-26(3,4)16-25)21-22(17-10-6-5-7-11-17)29-24-23(21)27-19-12-8-9-13-20(19)28-24/h5-14H,15-16H2,1-4H3,(H,28,29). The molecule has 0 radical (unpaired) electrons. The van der Waals surface area contributed by atoms with E-state index < -0.39 is 0 Å². The van der Waals surface area contributed by atoms with Crippen LogP contribution in [0.3, 0.4) is 0 Å². The van der Waals surface area contributed by atoms with Crippen molar-refractivity contribution >= 4 is 27.8 Å². The molecule has 3 heteroatoms. The Hall–Kier alpha value is -2.94. The lowest BCUT2D eigenvalue weighted by Crippen LogP contribution is -2.26. The van der Waals surface area contributed by atoms with Crippen molar-refractivity contribution in [3.05, 3.63) is 66.2 Å². The van der Waals surface area contributed by atoms with E-state index in [2.05, 4.69) is 69.1 Å². The number of rotatable bonds is 2. The maximum Gasteiger partial charge on any atom is 0.157 e. The zero-order valence-corrected chi connectivity index (χ0v) is 17.6. The molecule has 2 aromatic heterocycles. The number of hydrogen-bond acceptors (Lipinski definition) is 2. The highest BCUT2D eigenvalue weighted by atomic mass is 14.9. The summed E-state index contributed by atoms with van der Waals surface area (Å²) in [6.07, 6.45) is 4.68. The molecule has 0 amide bonds. The summed E-state index contributed by atoms with van der Waals surface area (Å²) in [5, 5.41) is 0. The minimum Gasteiger partial charge on any atom is -0.337 e. The Bertz CT molecular complexity index is 1240. The van der Waals surface area contributed by atoms with Crippen LogP contribution in [0.1, 0.15) is 46.1 Å². The lowest BCUT2D eigenvalue weighted by molar-refractivity contribution is 0.229. The predicted molar refractivity (Wildman–Crippen MR) is 122 cm³/mol. The number of nitrogens with one attached hydrogen (secondary N) is 1. The van der Waals surface area contributed by atoms with Crippen molar-refractivity contribution in [3.8, 4) is 11.3 Å². The summed E-state index contributed by atoms with van der Waals surface area (Å²) in [6.45, 7) is 9.43. The predicted octanol–water partition coefficient (Wildman–Crippen LogP) is 7.01. The first-order valence-corrected chi connectivity index (χ1v) is 10.4. The third kappa shape index (κ3) is 3.25. The second-order valence-electron chi connectivity index (χ2n) is 9.83. The Labute approximate surface area is 171 Å². The number of hydrogen-bond donors (Lipinski definition) is 1. The van der Waals surface area contributed by atoms with E-state index in [0.29, 0.717) is 0 Å². The molecular weight excluding hydrogens is 354 g/mol. The van der Waals surface area contributed by atoms with Crippen molar-refractivity contribution < 1.29 is 0 Å². The van der Waals surface area contributed by atoms with Crippen LogP contribution in [0.5, 0.6) is 0 Å². The highest BCUT2D eigenvalue weighted by Gasteiger charge is 2.35. The van der Waals surface area contributed by atoms with Crippen LogP contribution in [0.4, 0.5) is 0 Å². The molecule has 4 aromatic rings. The average molecular weight is 382 g/mol. The zero-order valence-electron chi connectivity index (χ0n) is 17.6. The van der Waals surface area contributed by atoms with Gasteiger partial charge in [0.15, 0.2) is 5.65 Å². The molecule has 1 aliphatic carbocycles. The molecule has 2 aromatic carbocycles. The Morgan fingerprint density at radius 2 is 1.48 bits per heavy atom. The van der Waals surface area contributed by atoms with E-state index in [1.54, 1.807) is 0 Å². The maximum atomic E-state index is 5.06. The summed E-state index contributed by atoms with van der Waals surface area (Å²) in [5.41, 5.74) is 8.98. The molecule has 29 heavy (non-hydrogen) atoms. The summed E-state index contributed by atoms with van der Waals surface area (Å²) < 4.78 is 0. The number of nitrogens with zero attached hydrogens (tertiary/aromatic N) is 2. The van der Waals surface area contributed by atoms with Gasteiger partial charge in [-0.15, -0.1) is 0 Å². The zero-order chi connectivity index (χ0) is 20.2. The van der Waals surface area contributed by atoms with Crippen molar-refractivity contribution in [2.75, 3.05) is 0 Å². The van der Waals surface area contributed by atoms with Gasteiger partial charge in [0, 0.05) is 5.56 Å². The summed E-state index contributed by atoms with van der Waals surface area (Å²) in [7, 11) is 0. The van der Waals surface area contributed by atoms with E-state index in [-0.39, 0.29) is 10.8 Å². The number of H-pyrrole nitrogens is 1. The quantitative estimate of drug-likeness (QED) is 0.406. The number of aromatic amines is 1. The number of para-hydroxylation sites is 2. The first-order valence-electron chi connectivity index (χ1n) is 10.4. The Balaban J connectivity index is 1.84. The fraction of sp³-hybridized carbons (Fsp3) is 0.308. The van der Waals surface area contributed by atoms with E-state index in [1.165, 1.54) is 23.1 Å². The molecular formula is C26H27N3. The molecule has 2 heterocycles. The van der Waals surface area contributed by atoms with Crippen LogP contribution in [0, 0.1) is 10.8 Å². The second-order valence-corrected chi connectivity index (χ2v) is 9.83. The average Bonchev–Trinajstić information content (AvgIpc) is 3.03. The van der Waals surface area contributed by atoms with Crippen LogP contribution in [0.2, 0.25) is 0 Å². The van der Waals surface area contributed by atoms with E-state index in [4.69, 9.17) is 9.97 Å². The van der Waals surface area contributed by atoms with Crippen LogP contribution in [0.25, 0.3) is 39.0 Å². The van der Waals surface area contributed by atoms with Gasteiger partial charge in [-0.05, 0) is 46.9 Å². The van der Waals surface area contributed by atoms with Crippen molar-refractivity contribution in [2.24, 2.45) is 10.8 Å². The van der Waals surface area contributed by atoms with Gasteiger partial charge >= 0.3 is 0 Å². The molecule has 0 fully saturated rings.